The van der Waals surface area contributed by atoms with E-state index in [1.165, 1.54) is 35.8 Å². The second-order valence-electron chi connectivity index (χ2n) is 6.24. The molecule has 2 aromatic rings. The first-order chi connectivity index (χ1) is 12.8. The highest BCUT2D eigenvalue weighted by Gasteiger charge is 2.53. The summed E-state index contributed by atoms with van der Waals surface area (Å²) in [5, 5.41) is 17.9. The van der Waals surface area contributed by atoms with Gasteiger partial charge in [-0.15, -0.1) is 0 Å². The zero-order valence-electron chi connectivity index (χ0n) is 14.1. The third-order valence-electron chi connectivity index (χ3n) is 4.62. The number of carbonyl (C=O) groups is 1. The van der Waals surface area contributed by atoms with Crippen LogP contribution < -0.4 is 5.48 Å². The molecule has 7 nitrogen and oxygen atoms in total. The Bertz CT molecular complexity index is 947. The molecule has 3 N–H and O–H groups in total. The molecule has 0 aliphatic carbocycles. The molecule has 0 aromatic heterocycles. The van der Waals surface area contributed by atoms with E-state index in [1.54, 1.807) is 18.2 Å². The van der Waals surface area contributed by atoms with Crippen molar-refractivity contribution in [1.82, 2.24) is 5.48 Å². The lowest BCUT2D eigenvalue weighted by atomic mass is 9.95. The van der Waals surface area contributed by atoms with Crippen LogP contribution in [0.15, 0.2) is 53.4 Å². The largest absolute Gasteiger partial charge is 0.378 e. The molecule has 1 aliphatic rings. The molecule has 2 unspecified atom stereocenters. The van der Waals surface area contributed by atoms with E-state index in [9.17, 15) is 22.7 Å². The van der Waals surface area contributed by atoms with Crippen molar-refractivity contribution in [2.45, 2.75) is 22.2 Å². The van der Waals surface area contributed by atoms with E-state index in [0.29, 0.717) is 11.1 Å². The summed E-state index contributed by atoms with van der Waals surface area (Å²) in [4.78, 5) is 11.7. The van der Waals surface area contributed by atoms with Gasteiger partial charge in [0, 0.05) is 12.2 Å². The molecule has 2 aromatic carbocycles. The summed E-state index contributed by atoms with van der Waals surface area (Å²) in [6.07, 6.45) is -0.124. The van der Waals surface area contributed by atoms with Gasteiger partial charge in [0.25, 0.3) is 5.91 Å². The Morgan fingerprint density at radius 3 is 2.48 bits per heavy atom. The standard InChI is InChI=1S/C18H18FNO6S/c19-15-4-2-1-3-14(15)12-5-7-13(8-6-12)27(24,25)16-9-10-26-11-18(16,22)17(21)20-23/h1-8,16,22-23H,9-11H2,(H,20,21). The lowest BCUT2D eigenvalue weighted by molar-refractivity contribution is -0.161. The first kappa shape index (κ1) is 19.4. The molecule has 0 bridgehead atoms. The fourth-order valence-electron chi connectivity index (χ4n) is 3.15. The SMILES string of the molecule is O=C(NO)C1(O)COCCC1S(=O)(=O)c1ccc(-c2ccccc2F)cc1. The van der Waals surface area contributed by atoms with Gasteiger partial charge in [0.2, 0.25) is 0 Å². The number of halogens is 1. The lowest BCUT2D eigenvalue weighted by Crippen LogP contribution is -2.62. The first-order valence-electron chi connectivity index (χ1n) is 8.14. The van der Waals surface area contributed by atoms with E-state index >= 15 is 0 Å². The molecule has 0 spiro atoms. The summed E-state index contributed by atoms with van der Waals surface area (Å²) in [5.41, 5.74) is -0.319. The molecule has 2 atom stereocenters. The predicted molar refractivity (Wildman–Crippen MR) is 93.1 cm³/mol. The zero-order chi connectivity index (χ0) is 19.7. The molecule has 1 heterocycles. The maximum atomic E-state index is 13.9. The van der Waals surface area contributed by atoms with Crippen LogP contribution in [0, 0.1) is 5.82 Å². The van der Waals surface area contributed by atoms with Crippen molar-refractivity contribution in [2.75, 3.05) is 13.2 Å². The van der Waals surface area contributed by atoms with Crippen molar-refractivity contribution in [3.63, 3.8) is 0 Å². The van der Waals surface area contributed by atoms with E-state index < -0.39 is 39.0 Å². The van der Waals surface area contributed by atoms with Gasteiger partial charge in [-0.25, -0.2) is 18.3 Å². The normalized spacial score (nSPS) is 23.0. The van der Waals surface area contributed by atoms with Gasteiger partial charge in [0.1, 0.15) is 11.1 Å². The molecule has 1 fully saturated rings. The van der Waals surface area contributed by atoms with Gasteiger partial charge in [-0.05, 0) is 30.2 Å². The van der Waals surface area contributed by atoms with E-state index in [1.807, 2.05) is 0 Å². The van der Waals surface area contributed by atoms with Crippen molar-refractivity contribution >= 4 is 15.7 Å². The Morgan fingerprint density at radius 2 is 1.85 bits per heavy atom. The monoisotopic (exact) mass is 395 g/mol. The summed E-state index contributed by atoms with van der Waals surface area (Å²) in [6.45, 7) is -0.519. The van der Waals surface area contributed by atoms with Crippen LogP contribution in [0.2, 0.25) is 0 Å². The quantitative estimate of drug-likeness (QED) is 0.531. The maximum absolute atomic E-state index is 13.9. The Morgan fingerprint density at radius 1 is 1.19 bits per heavy atom. The molecule has 0 saturated carbocycles. The maximum Gasteiger partial charge on any atom is 0.279 e. The Hall–Kier alpha value is -2.33. The lowest BCUT2D eigenvalue weighted by Gasteiger charge is -2.36. The molecular weight excluding hydrogens is 377 g/mol. The van der Waals surface area contributed by atoms with Gasteiger partial charge in [0.05, 0.1) is 11.5 Å². The molecule has 1 amide bonds. The number of aliphatic hydroxyl groups is 1. The number of nitrogens with one attached hydrogen (secondary N) is 1. The molecule has 1 saturated heterocycles. The van der Waals surface area contributed by atoms with Crippen LogP contribution in [0.25, 0.3) is 11.1 Å². The van der Waals surface area contributed by atoms with Crippen molar-refractivity contribution in [3.8, 4) is 11.1 Å². The van der Waals surface area contributed by atoms with Crippen LogP contribution in [0.5, 0.6) is 0 Å². The highest BCUT2D eigenvalue weighted by molar-refractivity contribution is 7.92. The topological polar surface area (TPSA) is 113 Å². The summed E-state index contributed by atoms with van der Waals surface area (Å²) in [5.74, 6) is -1.69. The highest BCUT2D eigenvalue weighted by Crippen LogP contribution is 2.32. The number of rotatable bonds is 4. The smallest absolute Gasteiger partial charge is 0.279 e. The van der Waals surface area contributed by atoms with Gasteiger partial charge in [-0.2, -0.15) is 0 Å². The van der Waals surface area contributed by atoms with Crippen LogP contribution in [-0.2, 0) is 19.4 Å². The summed E-state index contributed by atoms with van der Waals surface area (Å²) in [7, 11) is -4.13. The summed E-state index contributed by atoms with van der Waals surface area (Å²) >= 11 is 0. The number of hydroxylamine groups is 1. The number of benzene rings is 2. The van der Waals surface area contributed by atoms with Crippen LogP contribution in [0.4, 0.5) is 4.39 Å². The third-order valence-corrected chi connectivity index (χ3v) is 6.92. The number of sulfone groups is 1. The number of hydrogen-bond donors (Lipinski definition) is 3. The van der Waals surface area contributed by atoms with Crippen LogP contribution in [0.3, 0.4) is 0 Å². The van der Waals surface area contributed by atoms with Crippen molar-refractivity contribution in [1.29, 1.82) is 0 Å². The highest BCUT2D eigenvalue weighted by atomic mass is 32.2. The minimum absolute atomic E-state index is 0.0399. The second-order valence-corrected chi connectivity index (χ2v) is 8.37. The van der Waals surface area contributed by atoms with Gasteiger partial charge < -0.3 is 9.84 Å². The molecule has 144 valence electrons. The van der Waals surface area contributed by atoms with Crippen molar-refractivity contribution in [2.24, 2.45) is 0 Å². The Balaban J connectivity index is 1.97. The fourth-order valence-corrected chi connectivity index (χ4v) is 5.09. The van der Waals surface area contributed by atoms with Gasteiger partial charge in [-0.3, -0.25) is 10.0 Å². The minimum atomic E-state index is -4.13. The minimum Gasteiger partial charge on any atom is -0.378 e. The molecule has 3 rings (SSSR count). The van der Waals surface area contributed by atoms with E-state index in [0.717, 1.165) is 0 Å². The fraction of sp³-hybridized carbons (Fsp3) is 0.278. The second kappa shape index (κ2) is 7.35. The summed E-state index contributed by atoms with van der Waals surface area (Å²) in [6, 6.07) is 11.6. The van der Waals surface area contributed by atoms with Gasteiger partial charge >= 0.3 is 0 Å². The molecule has 1 aliphatic heterocycles. The van der Waals surface area contributed by atoms with E-state index in [4.69, 9.17) is 9.94 Å². The third kappa shape index (κ3) is 3.46. The first-order valence-corrected chi connectivity index (χ1v) is 9.69. The number of carbonyl (C=O) groups excluding carboxylic acids is 1. The van der Waals surface area contributed by atoms with Crippen LogP contribution >= 0.6 is 0 Å². The number of amides is 1. The van der Waals surface area contributed by atoms with Crippen molar-refractivity contribution in [3.05, 3.63) is 54.3 Å². The zero-order valence-corrected chi connectivity index (χ0v) is 14.9. The average molecular weight is 395 g/mol. The number of ether oxygens (including phenoxy) is 1. The van der Waals surface area contributed by atoms with Crippen LogP contribution in [0.1, 0.15) is 6.42 Å². The molecule has 27 heavy (non-hydrogen) atoms. The average Bonchev–Trinajstić information content (AvgIpc) is 2.68. The van der Waals surface area contributed by atoms with E-state index in [-0.39, 0.29) is 17.9 Å². The van der Waals surface area contributed by atoms with Crippen LogP contribution in [-0.4, -0.2) is 48.7 Å². The van der Waals surface area contributed by atoms with Gasteiger partial charge in [0.15, 0.2) is 15.4 Å². The summed E-state index contributed by atoms with van der Waals surface area (Å²) < 4.78 is 44.9. The van der Waals surface area contributed by atoms with E-state index in [2.05, 4.69) is 0 Å². The predicted octanol–water partition coefficient (Wildman–Crippen LogP) is 1.29. The number of hydrogen-bond acceptors (Lipinski definition) is 6. The van der Waals surface area contributed by atoms with Crippen molar-refractivity contribution < 1.29 is 32.7 Å². The Labute approximate surface area is 155 Å². The van der Waals surface area contributed by atoms with Gasteiger partial charge in [-0.1, -0.05) is 30.3 Å². The molecule has 9 heteroatoms. The molecular formula is C18H18FNO6S. The molecule has 0 radical (unpaired) electrons. The Kier molecular flexibility index (Phi) is 5.29.